The molecule has 0 saturated heterocycles. The first-order valence-corrected chi connectivity index (χ1v) is 6.29. The van der Waals surface area contributed by atoms with Crippen LogP contribution in [0.15, 0.2) is 23.3 Å². The number of pyridine rings is 1. The molecule has 1 aromatic rings. The largest absolute Gasteiger partial charge is 0.367 e. The molecule has 1 amide bonds. The Morgan fingerprint density at radius 1 is 1.53 bits per heavy atom. The van der Waals surface area contributed by atoms with Crippen molar-refractivity contribution < 1.29 is 4.79 Å². The number of alkyl halides is 1. The number of aromatic amines is 1. The van der Waals surface area contributed by atoms with Crippen LogP contribution in [-0.2, 0) is 0 Å². The van der Waals surface area contributed by atoms with Gasteiger partial charge in [-0.15, -0.1) is 11.6 Å². The fourth-order valence-electron chi connectivity index (χ4n) is 2.25. The van der Waals surface area contributed by atoms with E-state index in [9.17, 15) is 9.59 Å². The fraction of sp³-hybridized carbons (Fsp3) is 0.500. The van der Waals surface area contributed by atoms with Gasteiger partial charge >= 0.3 is 0 Å². The fourth-order valence-corrected chi connectivity index (χ4v) is 2.62. The van der Waals surface area contributed by atoms with E-state index in [2.05, 4.69) is 10.3 Å². The van der Waals surface area contributed by atoms with E-state index in [4.69, 9.17) is 11.6 Å². The van der Waals surface area contributed by atoms with E-state index in [1.54, 1.807) is 0 Å². The number of carbonyl (C=O) groups is 1. The van der Waals surface area contributed by atoms with Gasteiger partial charge in [-0.25, -0.2) is 0 Å². The molecule has 2 N–H and O–H groups in total. The molecule has 2 atom stereocenters. The molecule has 2 unspecified atom stereocenters. The first-order chi connectivity index (χ1) is 8.22. The highest BCUT2D eigenvalue weighted by atomic mass is 35.5. The van der Waals surface area contributed by atoms with Crippen LogP contribution in [0.2, 0.25) is 0 Å². The van der Waals surface area contributed by atoms with Crippen molar-refractivity contribution in [3.05, 3.63) is 34.2 Å². The zero-order chi connectivity index (χ0) is 12.3. The van der Waals surface area contributed by atoms with E-state index in [0.717, 1.165) is 19.3 Å². The summed E-state index contributed by atoms with van der Waals surface area (Å²) < 4.78 is 0. The molecule has 0 aliphatic heterocycles. The molecule has 92 valence electrons. The van der Waals surface area contributed by atoms with Gasteiger partial charge in [0.1, 0.15) is 5.56 Å². The predicted molar refractivity (Wildman–Crippen MR) is 66.4 cm³/mol. The highest BCUT2D eigenvalue weighted by Crippen LogP contribution is 2.26. The summed E-state index contributed by atoms with van der Waals surface area (Å²) in [4.78, 5) is 26.1. The monoisotopic (exact) mass is 254 g/mol. The maximum atomic E-state index is 11.9. The highest BCUT2D eigenvalue weighted by Gasteiger charge is 2.28. The number of nitrogens with one attached hydrogen (secondary N) is 2. The van der Waals surface area contributed by atoms with Gasteiger partial charge in [0, 0.05) is 30.4 Å². The zero-order valence-electron chi connectivity index (χ0n) is 9.41. The third-order valence-electron chi connectivity index (χ3n) is 3.24. The summed E-state index contributed by atoms with van der Waals surface area (Å²) in [5, 5.41) is 2.89. The van der Waals surface area contributed by atoms with Crippen LogP contribution in [-0.4, -0.2) is 22.8 Å². The van der Waals surface area contributed by atoms with Crippen molar-refractivity contribution >= 4 is 17.5 Å². The topological polar surface area (TPSA) is 62.0 Å². The second kappa shape index (κ2) is 5.36. The molecule has 1 heterocycles. The Morgan fingerprint density at radius 3 is 3.06 bits per heavy atom. The van der Waals surface area contributed by atoms with Gasteiger partial charge in [0.05, 0.1) is 0 Å². The summed E-state index contributed by atoms with van der Waals surface area (Å²) in [5.74, 6) is 0.563. The minimum Gasteiger partial charge on any atom is -0.367 e. The Balaban J connectivity index is 2.07. The summed E-state index contributed by atoms with van der Waals surface area (Å²) in [5.41, 5.74) is -0.102. The summed E-state index contributed by atoms with van der Waals surface area (Å²) >= 11 is 5.84. The number of carbonyl (C=O) groups excluding carboxylic acids is 1. The van der Waals surface area contributed by atoms with Crippen LogP contribution in [0.4, 0.5) is 0 Å². The van der Waals surface area contributed by atoms with Crippen molar-refractivity contribution in [3.63, 3.8) is 0 Å². The Labute approximate surface area is 104 Å². The first-order valence-electron chi connectivity index (χ1n) is 5.76. The maximum absolute atomic E-state index is 11.9. The van der Waals surface area contributed by atoms with Crippen molar-refractivity contribution in [2.75, 3.05) is 5.88 Å². The average molecular weight is 255 g/mol. The SMILES string of the molecule is O=C(NC1CCCC1CCl)c1c[nH]ccc1=O. The summed E-state index contributed by atoms with van der Waals surface area (Å²) in [6, 6.07) is 1.45. The summed E-state index contributed by atoms with van der Waals surface area (Å²) in [7, 11) is 0. The number of amides is 1. The Hall–Kier alpha value is -1.29. The molecule has 1 aromatic heterocycles. The molecule has 0 aromatic carbocycles. The van der Waals surface area contributed by atoms with Gasteiger partial charge in [-0.3, -0.25) is 9.59 Å². The Morgan fingerprint density at radius 2 is 2.35 bits per heavy atom. The standard InChI is InChI=1S/C12H15ClN2O2/c13-6-8-2-1-3-10(8)15-12(17)9-7-14-5-4-11(9)16/h4-5,7-8,10H,1-3,6H2,(H,14,16)(H,15,17). The maximum Gasteiger partial charge on any atom is 0.256 e. The molecule has 1 aliphatic rings. The summed E-state index contributed by atoms with van der Waals surface area (Å²) in [6.07, 6.45) is 6.00. The molecule has 17 heavy (non-hydrogen) atoms. The van der Waals surface area contributed by atoms with Crippen LogP contribution >= 0.6 is 11.6 Å². The van der Waals surface area contributed by atoms with Crippen LogP contribution in [0.5, 0.6) is 0 Å². The van der Waals surface area contributed by atoms with E-state index in [1.807, 2.05) is 0 Å². The van der Waals surface area contributed by atoms with Crippen molar-refractivity contribution in [2.24, 2.45) is 5.92 Å². The number of rotatable bonds is 3. The molecule has 4 nitrogen and oxygen atoms in total. The zero-order valence-corrected chi connectivity index (χ0v) is 10.2. The van der Waals surface area contributed by atoms with Crippen LogP contribution in [0.3, 0.4) is 0 Å². The van der Waals surface area contributed by atoms with E-state index >= 15 is 0 Å². The molecule has 1 fully saturated rings. The number of halogens is 1. The molecular weight excluding hydrogens is 240 g/mol. The highest BCUT2D eigenvalue weighted by molar-refractivity contribution is 6.18. The first kappa shape index (κ1) is 12.2. The van der Waals surface area contributed by atoms with Crippen molar-refractivity contribution in [2.45, 2.75) is 25.3 Å². The second-order valence-electron chi connectivity index (χ2n) is 4.35. The quantitative estimate of drug-likeness (QED) is 0.804. The lowest BCUT2D eigenvalue weighted by atomic mass is 10.1. The second-order valence-corrected chi connectivity index (χ2v) is 4.66. The van der Waals surface area contributed by atoms with E-state index < -0.39 is 0 Å². The van der Waals surface area contributed by atoms with Gasteiger partial charge < -0.3 is 10.3 Å². The minimum atomic E-state index is -0.311. The molecule has 1 saturated carbocycles. The van der Waals surface area contributed by atoms with Gasteiger partial charge in [0.15, 0.2) is 5.43 Å². The van der Waals surface area contributed by atoms with Crippen LogP contribution in [0.25, 0.3) is 0 Å². The molecular formula is C12H15ClN2O2. The van der Waals surface area contributed by atoms with Crippen LogP contribution in [0.1, 0.15) is 29.6 Å². The molecule has 2 rings (SSSR count). The van der Waals surface area contributed by atoms with Gasteiger partial charge in [-0.05, 0) is 18.8 Å². The van der Waals surface area contributed by atoms with Gasteiger partial charge in [0.2, 0.25) is 0 Å². The minimum absolute atomic E-state index is 0.0969. The van der Waals surface area contributed by atoms with E-state index in [0.29, 0.717) is 11.8 Å². The van der Waals surface area contributed by atoms with Crippen molar-refractivity contribution in [1.82, 2.24) is 10.3 Å². The lowest BCUT2D eigenvalue weighted by Gasteiger charge is -2.18. The average Bonchev–Trinajstić information content (AvgIpc) is 2.76. The van der Waals surface area contributed by atoms with E-state index in [1.165, 1.54) is 18.5 Å². The third-order valence-corrected chi connectivity index (χ3v) is 3.64. The van der Waals surface area contributed by atoms with Crippen LogP contribution < -0.4 is 10.7 Å². The normalized spacial score (nSPS) is 23.6. The van der Waals surface area contributed by atoms with E-state index in [-0.39, 0.29) is 22.9 Å². The third kappa shape index (κ3) is 2.69. The van der Waals surface area contributed by atoms with Crippen LogP contribution in [0, 0.1) is 5.92 Å². The van der Waals surface area contributed by atoms with Gasteiger partial charge in [-0.2, -0.15) is 0 Å². The molecule has 5 heteroatoms. The number of hydrogen-bond acceptors (Lipinski definition) is 2. The Bertz CT molecular complexity index is 458. The molecule has 1 aliphatic carbocycles. The van der Waals surface area contributed by atoms with Crippen molar-refractivity contribution in [1.29, 1.82) is 0 Å². The smallest absolute Gasteiger partial charge is 0.256 e. The lowest BCUT2D eigenvalue weighted by molar-refractivity contribution is 0.0928. The molecule has 0 radical (unpaired) electrons. The van der Waals surface area contributed by atoms with Gasteiger partial charge in [0.25, 0.3) is 5.91 Å². The lowest BCUT2D eigenvalue weighted by Crippen LogP contribution is -2.39. The predicted octanol–water partition coefficient (Wildman–Crippen LogP) is 1.51. The number of hydrogen-bond donors (Lipinski definition) is 2. The van der Waals surface area contributed by atoms with Crippen molar-refractivity contribution in [3.8, 4) is 0 Å². The molecule has 0 bridgehead atoms. The summed E-state index contributed by atoms with van der Waals surface area (Å²) in [6.45, 7) is 0. The molecule has 0 spiro atoms. The number of H-pyrrole nitrogens is 1. The van der Waals surface area contributed by atoms with Gasteiger partial charge in [-0.1, -0.05) is 6.42 Å². The number of aromatic nitrogens is 1. The Kier molecular flexibility index (Phi) is 3.84.